The van der Waals surface area contributed by atoms with Crippen LogP contribution in [-0.4, -0.2) is 0 Å². The van der Waals surface area contributed by atoms with Crippen molar-refractivity contribution in [2.45, 2.75) is 20.8 Å². The Morgan fingerprint density at radius 2 is 1.60 bits per heavy atom. The zero-order chi connectivity index (χ0) is 8.57. The predicted molar refractivity (Wildman–Crippen MR) is 48.6 cm³/mol. The molecule has 1 nitrogen and oxygen atoms in total. The van der Waals surface area contributed by atoms with Gasteiger partial charge in [-0.05, 0) is 26.8 Å². The molecular weight excluding hydrogens is 122 g/mol. The van der Waals surface area contributed by atoms with Crippen LogP contribution in [0, 0.1) is 0 Å². The van der Waals surface area contributed by atoms with Crippen LogP contribution < -0.4 is 5.73 Å². The van der Waals surface area contributed by atoms with Crippen LogP contribution in [0.3, 0.4) is 0 Å². The Kier molecular flexibility index (Phi) is 9.44. The van der Waals surface area contributed by atoms with E-state index in [1.165, 1.54) is 11.6 Å². The molecule has 0 rings (SSSR count). The van der Waals surface area contributed by atoms with Crippen molar-refractivity contribution in [3.05, 3.63) is 36.6 Å². The monoisotopic (exact) mass is 139 g/mol. The van der Waals surface area contributed by atoms with Crippen LogP contribution in [0.4, 0.5) is 0 Å². The van der Waals surface area contributed by atoms with Gasteiger partial charge in [0.25, 0.3) is 0 Å². The number of allylic oxidation sites excluding steroid dienone is 3. The molecule has 0 bridgehead atoms. The first-order valence-corrected chi connectivity index (χ1v) is 3.21. The van der Waals surface area contributed by atoms with Gasteiger partial charge in [-0.25, -0.2) is 0 Å². The minimum atomic E-state index is 0.519. The summed E-state index contributed by atoms with van der Waals surface area (Å²) in [5.41, 5.74) is 6.88. The first-order valence-electron chi connectivity index (χ1n) is 3.21. The van der Waals surface area contributed by atoms with Gasteiger partial charge in [-0.3, -0.25) is 0 Å². The fourth-order valence-electron chi connectivity index (χ4n) is 0. The Hall–Kier alpha value is -0.980. The molecule has 10 heavy (non-hydrogen) atoms. The van der Waals surface area contributed by atoms with Gasteiger partial charge in [0.2, 0.25) is 0 Å². The van der Waals surface area contributed by atoms with E-state index in [-0.39, 0.29) is 0 Å². The van der Waals surface area contributed by atoms with Gasteiger partial charge in [0.05, 0.1) is 0 Å². The maximum absolute atomic E-state index is 4.98. The number of nitrogens with two attached hydrogens (primary N) is 1. The summed E-state index contributed by atoms with van der Waals surface area (Å²) in [6.45, 7) is 12.9. The third-order valence-corrected chi connectivity index (χ3v) is 0.840. The van der Waals surface area contributed by atoms with Gasteiger partial charge >= 0.3 is 0 Å². The third-order valence-electron chi connectivity index (χ3n) is 0.840. The lowest BCUT2D eigenvalue weighted by atomic mass is 10.3. The fraction of sp³-hybridized carbons (Fsp3) is 0.333. The highest BCUT2D eigenvalue weighted by atomic mass is 14.5. The van der Waals surface area contributed by atoms with Crippen molar-refractivity contribution >= 4 is 0 Å². The molecule has 0 aromatic heterocycles. The molecule has 0 unspecified atom stereocenters. The SMILES string of the molecule is C=CC(=C)N.CC=C(C)C. The van der Waals surface area contributed by atoms with Gasteiger partial charge in [0, 0.05) is 5.70 Å². The second-order valence-corrected chi connectivity index (χ2v) is 2.15. The number of hydrogen-bond donors (Lipinski definition) is 1. The Labute approximate surface area is 63.9 Å². The summed E-state index contributed by atoms with van der Waals surface area (Å²) < 4.78 is 0. The number of rotatable bonds is 1. The highest BCUT2D eigenvalue weighted by molar-refractivity contribution is 5.04. The topological polar surface area (TPSA) is 26.0 Å². The van der Waals surface area contributed by atoms with E-state index in [2.05, 4.69) is 33.1 Å². The zero-order valence-electron chi connectivity index (χ0n) is 7.15. The van der Waals surface area contributed by atoms with Crippen LogP contribution in [0.2, 0.25) is 0 Å². The quantitative estimate of drug-likeness (QED) is 0.438. The Balaban J connectivity index is 0. The maximum Gasteiger partial charge on any atom is 0.0234 e. The minimum absolute atomic E-state index is 0.519. The van der Waals surface area contributed by atoms with Gasteiger partial charge in [0.1, 0.15) is 0 Å². The van der Waals surface area contributed by atoms with Crippen LogP contribution in [-0.2, 0) is 0 Å². The van der Waals surface area contributed by atoms with Crippen molar-refractivity contribution in [2.24, 2.45) is 5.73 Å². The first-order chi connectivity index (χ1) is 4.54. The number of hydrogen-bond acceptors (Lipinski definition) is 1. The van der Waals surface area contributed by atoms with E-state index in [4.69, 9.17) is 5.73 Å². The highest BCUT2D eigenvalue weighted by Crippen LogP contribution is 1.82. The highest BCUT2D eigenvalue weighted by Gasteiger charge is 1.60. The van der Waals surface area contributed by atoms with Crippen molar-refractivity contribution < 1.29 is 0 Å². The lowest BCUT2D eigenvalue weighted by molar-refractivity contribution is 1.36. The van der Waals surface area contributed by atoms with Crippen LogP contribution in [0.5, 0.6) is 0 Å². The molecule has 0 aliphatic rings. The van der Waals surface area contributed by atoms with Crippen LogP contribution in [0.25, 0.3) is 0 Å². The average Bonchev–Trinajstić information content (AvgIpc) is 1.89. The molecule has 0 heterocycles. The second-order valence-electron chi connectivity index (χ2n) is 2.15. The Morgan fingerprint density at radius 1 is 1.40 bits per heavy atom. The van der Waals surface area contributed by atoms with Crippen LogP contribution >= 0.6 is 0 Å². The summed E-state index contributed by atoms with van der Waals surface area (Å²) in [6, 6.07) is 0. The van der Waals surface area contributed by atoms with Crippen molar-refractivity contribution in [3.63, 3.8) is 0 Å². The van der Waals surface area contributed by atoms with Gasteiger partial charge in [-0.2, -0.15) is 0 Å². The summed E-state index contributed by atoms with van der Waals surface area (Å²) in [5, 5.41) is 0. The van der Waals surface area contributed by atoms with E-state index in [0.29, 0.717) is 5.70 Å². The van der Waals surface area contributed by atoms with Gasteiger partial charge in [-0.1, -0.05) is 24.8 Å². The van der Waals surface area contributed by atoms with Gasteiger partial charge in [-0.15, -0.1) is 0 Å². The van der Waals surface area contributed by atoms with Gasteiger partial charge < -0.3 is 5.73 Å². The van der Waals surface area contributed by atoms with Crippen molar-refractivity contribution in [2.75, 3.05) is 0 Å². The lowest BCUT2D eigenvalue weighted by Crippen LogP contribution is -1.86. The minimum Gasteiger partial charge on any atom is -0.399 e. The molecule has 0 aromatic carbocycles. The van der Waals surface area contributed by atoms with Crippen molar-refractivity contribution in [1.82, 2.24) is 0 Å². The predicted octanol–water partition coefficient (Wildman–Crippen LogP) is 2.62. The second kappa shape index (κ2) is 8.02. The Morgan fingerprint density at radius 3 is 1.60 bits per heavy atom. The maximum atomic E-state index is 4.98. The average molecular weight is 139 g/mol. The summed E-state index contributed by atoms with van der Waals surface area (Å²) in [4.78, 5) is 0. The molecular formula is C9H17N. The fourth-order valence-corrected chi connectivity index (χ4v) is 0. The van der Waals surface area contributed by atoms with E-state index in [0.717, 1.165) is 0 Å². The molecule has 0 saturated carbocycles. The van der Waals surface area contributed by atoms with Crippen molar-refractivity contribution in [1.29, 1.82) is 0 Å². The molecule has 0 spiro atoms. The standard InChI is InChI=1S/C5H10.C4H7N/c1-4-5(2)3;1-3-4(2)5/h4H,1-3H3;3H,1-2,5H2. The molecule has 0 aliphatic heterocycles. The summed E-state index contributed by atoms with van der Waals surface area (Å²) in [5.74, 6) is 0. The molecule has 0 saturated heterocycles. The summed E-state index contributed by atoms with van der Waals surface area (Å²) in [6.07, 6.45) is 3.58. The molecule has 0 aromatic rings. The smallest absolute Gasteiger partial charge is 0.0234 e. The van der Waals surface area contributed by atoms with E-state index in [9.17, 15) is 0 Å². The molecule has 58 valence electrons. The molecule has 0 atom stereocenters. The summed E-state index contributed by atoms with van der Waals surface area (Å²) >= 11 is 0. The van der Waals surface area contributed by atoms with Crippen molar-refractivity contribution in [3.8, 4) is 0 Å². The normalized spacial score (nSPS) is 6.70. The summed E-state index contributed by atoms with van der Waals surface area (Å²) in [7, 11) is 0. The Bertz CT molecular complexity index is 128. The largest absolute Gasteiger partial charge is 0.399 e. The molecule has 2 N–H and O–H groups in total. The molecule has 0 amide bonds. The molecule has 0 fully saturated rings. The first kappa shape index (κ1) is 11.8. The van der Waals surface area contributed by atoms with E-state index in [1.807, 2.05) is 6.92 Å². The third kappa shape index (κ3) is 27.9. The van der Waals surface area contributed by atoms with E-state index >= 15 is 0 Å². The van der Waals surface area contributed by atoms with E-state index in [1.54, 1.807) is 0 Å². The molecule has 0 aliphatic carbocycles. The van der Waals surface area contributed by atoms with Gasteiger partial charge in [0.15, 0.2) is 0 Å². The molecule has 1 heteroatoms. The molecule has 0 radical (unpaired) electrons. The zero-order valence-corrected chi connectivity index (χ0v) is 7.15. The van der Waals surface area contributed by atoms with E-state index < -0.39 is 0 Å². The van der Waals surface area contributed by atoms with Crippen LogP contribution in [0.15, 0.2) is 36.6 Å². The van der Waals surface area contributed by atoms with Crippen LogP contribution in [0.1, 0.15) is 20.8 Å². The lowest BCUT2D eigenvalue weighted by Gasteiger charge is -1.74.